The summed E-state index contributed by atoms with van der Waals surface area (Å²) < 4.78 is 13.7. The zero-order valence-corrected chi connectivity index (χ0v) is 12.1. The number of nitrogens with one attached hydrogen (secondary N) is 1. The molecule has 0 saturated heterocycles. The monoisotopic (exact) mass is 277 g/mol. The van der Waals surface area contributed by atoms with E-state index in [1.54, 1.807) is 12.1 Å². The van der Waals surface area contributed by atoms with E-state index in [1.165, 1.54) is 17.2 Å². The van der Waals surface area contributed by atoms with E-state index in [0.29, 0.717) is 10.7 Å². The molecule has 2 rings (SSSR count). The van der Waals surface area contributed by atoms with Crippen LogP contribution in [0.25, 0.3) is 0 Å². The standard InChI is InChI=1S/C16H17ClFN/c1-10-6-11(2)8-13(7-10)12(3)19-16-5-4-14(17)9-15(16)18/h4-9,12,19H,1-3H3. The van der Waals surface area contributed by atoms with Crippen LogP contribution in [0.2, 0.25) is 5.02 Å². The van der Waals surface area contributed by atoms with Crippen molar-refractivity contribution in [3.8, 4) is 0 Å². The first-order valence-corrected chi connectivity index (χ1v) is 6.63. The predicted octanol–water partition coefficient (Wildman–Crippen LogP) is 5.27. The summed E-state index contributed by atoms with van der Waals surface area (Å²) in [6.45, 7) is 6.14. The summed E-state index contributed by atoms with van der Waals surface area (Å²) in [5.74, 6) is -0.330. The van der Waals surface area contributed by atoms with E-state index in [2.05, 4.69) is 37.4 Å². The van der Waals surface area contributed by atoms with Crippen molar-refractivity contribution < 1.29 is 4.39 Å². The molecule has 1 unspecified atom stereocenters. The Balaban J connectivity index is 2.22. The zero-order valence-electron chi connectivity index (χ0n) is 11.3. The third kappa shape index (κ3) is 3.48. The molecule has 1 N–H and O–H groups in total. The van der Waals surface area contributed by atoms with Crippen LogP contribution in [0.3, 0.4) is 0 Å². The van der Waals surface area contributed by atoms with Gasteiger partial charge in [-0.1, -0.05) is 40.9 Å². The molecule has 0 heterocycles. The van der Waals surface area contributed by atoms with E-state index in [9.17, 15) is 4.39 Å². The lowest BCUT2D eigenvalue weighted by Crippen LogP contribution is -2.08. The lowest BCUT2D eigenvalue weighted by molar-refractivity contribution is 0.627. The van der Waals surface area contributed by atoms with Crippen LogP contribution in [0, 0.1) is 19.7 Å². The van der Waals surface area contributed by atoms with Crippen LogP contribution in [0.5, 0.6) is 0 Å². The maximum Gasteiger partial charge on any atom is 0.147 e. The van der Waals surface area contributed by atoms with Crippen LogP contribution in [-0.2, 0) is 0 Å². The van der Waals surface area contributed by atoms with Crippen molar-refractivity contribution in [1.82, 2.24) is 0 Å². The summed E-state index contributed by atoms with van der Waals surface area (Å²) >= 11 is 5.74. The second-order valence-electron chi connectivity index (χ2n) is 4.91. The summed E-state index contributed by atoms with van der Waals surface area (Å²) in [4.78, 5) is 0. The Morgan fingerprint density at radius 3 is 2.26 bits per heavy atom. The van der Waals surface area contributed by atoms with Crippen LogP contribution in [0.1, 0.15) is 29.7 Å². The number of hydrogen-bond donors (Lipinski definition) is 1. The summed E-state index contributed by atoms with van der Waals surface area (Å²) in [5, 5.41) is 3.58. The number of rotatable bonds is 3. The largest absolute Gasteiger partial charge is 0.376 e. The van der Waals surface area contributed by atoms with Crippen LogP contribution in [0.15, 0.2) is 36.4 Å². The van der Waals surface area contributed by atoms with E-state index in [-0.39, 0.29) is 11.9 Å². The average molecular weight is 278 g/mol. The highest BCUT2D eigenvalue weighted by Crippen LogP contribution is 2.25. The average Bonchev–Trinajstić information content (AvgIpc) is 2.31. The minimum Gasteiger partial charge on any atom is -0.376 e. The van der Waals surface area contributed by atoms with Gasteiger partial charge in [0.1, 0.15) is 5.82 Å². The SMILES string of the molecule is Cc1cc(C)cc(C(C)Nc2ccc(Cl)cc2F)c1. The first kappa shape index (κ1) is 13.9. The number of benzene rings is 2. The van der Waals surface area contributed by atoms with Gasteiger partial charge in [0.05, 0.1) is 5.69 Å². The first-order valence-electron chi connectivity index (χ1n) is 6.25. The zero-order chi connectivity index (χ0) is 14.0. The summed E-state index contributed by atoms with van der Waals surface area (Å²) in [6.07, 6.45) is 0. The van der Waals surface area contributed by atoms with Gasteiger partial charge in [-0.15, -0.1) is 0 Å². The van der Waals surface area contributed by atoms with Gasteiger partial charge in [-0.05, 0) is 44.5 Å². The number of anilines is 1. The molecule has 0 aliphatic rings. The van der Waals surface area contributed by atoms with Gasteiger partial charge < -0.3 is 5.32 Å². The molecule has 3 heteroatoms. The third-order valence-corrected chi connectivity index (χ3v) is 3.28. The molecule has 0 spiro atoms. The fraction of sp³-hybridized carbons (Fsp3) is 0.250. The molecule has 1 nitrogen and oxygen atoms in total. The number of aryl methyl sites for hydroxylation is 2. The van der Waals surface area contributed by atoms with Crippen LogP contribution < -0.4 is 5.32 Å². The van der Waals surface area contributed by atoms with Crippen molar-refractivity contribution in [2.45, 2.75) is 26.8 Å². The molecule has 0 aliphatic carbocycles. The van der Waals surface area contributed by atoms with Gasteiger partial charge in [-0.25, -0.2) is 4.39 Å². The van der Waals surface area contributed by atoms with Gasteiger partial charge in [0.15, 0.2) is 0 Å². The fourth-order valence-electron chi connectivity index (χ4n) is 2.18. The number of halogens is 2. The second kappa shape index (κ2) is 5.62. The summed E-state index contributed by atoms with van der Waals surface area (Å²) in [7, 11) is 0. The molecular weight excluding hydrogens is 261 g/mol. The molecule has 19 heavy (non-hydrogen) atoms. The molecule has 2 aromatic carbocycles. The summed E-state index contributed by atoms with van der Waals surface area (Å²) in [5.41, 5.74) is 4.03. The topological polar surface area (TPSA) is 12.0 Å². The molecule has 1 atom stereocenters. The molecule has 0 amide bonds. The van der Waals surface area contributed by atoms with Crippen LogP contribution >= 0.6 is 11.6 Å². The van der Waals surface area contributed by atoms with Gasteiger partial charge >= 0.3 is 0 Å². The van der Waals surface area contributed by atoms with Gasteiger partial charge in [-0.3, -0.25) is 0 Å². The Kier molecular flexibility index (Phi) is 4.11. The highest BCUT2D eigenvalue weighted by Gasteiger charge is 2.09. The Morgan fingerprint density at radius 2 is 1.68 bits per heavy atom. The molecule has 0 bridgehead atoms. The highest BCUT2D eigenvalue weighted by molar-refractivity contribution is 6.30. The Labute approximate surface area is 118 Å². The number of hydrogen-bond acceptors (Lipinski definition) is 1. The first-order chi connectivity index (χ1) is 8.95. The Hall–Kier alpha value is -1.54. The van der Waals surface area contributed by atoms with Gasteiger partial charge in [0.25, 0.3) is 0 Å². The maximum absolute atomic E-state index is 13.7. The van der Waals surface area contributed by atoms with Gasteiger partial charge in [-0.2, -0.15) is 0 Å². The fourth-order valence-corrected chi connectivity index (χ4v) is 2.34. The Bertz CT molecular complexity index is 575. The van der Waals surface area contributed by atoms with Crippen molar-refractivity contribution >= 4 is 17.3 Å². The van der Waals surface area contributed by atoms with Crippen molar-refractivity contribution in [1.29, 1.82) is 0 Å². The van der Waals surface area contributed by atoms with E-state index < -0.39 is 0 Å². The Morgan fingerprint density at radius 1 is 1.05 bits per heavy atom. The van der Waals surface area contributed by atoms with Gasteiger partial charge in [0.2, 0.25) is 0 Å². The smallest absolute Gasteiger partial charge is 0.147 e. The summed E-state index contributed by atoms with van der Waals surface area (Å²) in [6, 6.07) is 11.0. The lowest BCUT2D eigenvalue weighted by atomic mass is 10.0. The molecule has 0 fully saturated rings. The third-order valence-electron chi connectivity index (χ3n) is 3.05. The quantitative estimate of drug-likeness (QED) is 0.806. The molecule has 2 aromatic rings. The minimum atomic E-state index is -0.330. The van der Waals surface area contributed by atoms with Crippen LogP contribution in [-0.4, -0.2) is 0 Å². The predicted molar refractivity (Wildman–Crippen MR) is 79.4 cm³/mol. The van der Waals surface area contributed by atoms with E-state index in [4.69, 9.17) is 11.6 Å². The molecule has 0 saturated carbocycles. The lowest BCUT2D eigenvalue weighted by Gasteiger charge is -2.17. The van der Waals surface area contributed by atoms with E-state index >= 15 is 0 Å². The maximum atomic E-state index is 13.7. The van der Waals surface area contributed by atoms with Crippen molar-refractivity contribution in [2.24, 2.45) is 0 Å². The minimum absolute atomic E-state index is 0.0364. The molecule has 100 valence electrons. The molecule has 0 radical (unpaired) electrons. The normalized spacial score (nSPS) is 12.3. The van der Waals surface area contributed by atoms with Crippen molar-refractivity contribution in [3.05, 3.63) is 63.9 Å². The second-order valence-corrected chi connectivity index (χ2v) is 5.35. The van der Waals surface area contributed by atoms with Crippen molar-refractivity contribution in [3.63, 3.8) is 0 Å². The van der Waals surface area contributed by atoms with E-state index in [0.717, 1.165) is 5.56 Å². The molecule has 0 aliphatic heterocycles. The van der Waals surface area contributed by atoms with Crippen molar-refractivity contribution in [2.75, 3.05) is 5.32 Å². The highest BCUT2D eigenvalue weighted by atomic mass is 35.5. The van der Waals surface area contributed by atoms with Gasteiger partial charge in [0, 0.05) is 11.1 Å². The van der Waals surface area contributed by atoms with Crippen LogP contribution in [0.4, 0.5) is 10.1 Å². The molecule has 0 aromatic heterocycles. The molecular formula is C16H17ClFN. The van der Waals surface area contributed by atoms with E-state index in [1.807, 2.05) is 6.92 Å².